The summed E-state index contributed by atoms with van der Waals surface area (Å²) in [6.45, 7) is 8.14. The molecule has 5 heteroatoms. The molecule has 0 spiro atoms. The molecule has 0 heterocycles. The molecule has 0 aromatic heterocycles. The molecule has 0 saturated carbocycles. The summed E-state index contributed by atoms with van der Waals surface area (Å²) in [5.74, 6) is 1.48. The van der Waals surface area contributed by atoms with E-state index in [4.69, 9.17) is 21.1 Å². The average Bonchev–Trinajstić information content (AvgIpc) is 2.60. The lowest BCUT2D eigenvalue weighted by atomic mass is 10.1. The minimum atomic E-state index is 0.442. The second-order valence-electron chi connectivity index (χ2n) is 5.93. The van der Waals surface area contributed by atoms with Crippen molar-refractivity contribution in [2.24, 2.45) is 0 Å². The van der Waals surface area contributed by atoms with E-state index in [1.807, 2.05) is 43.3 Å². The maximum atomic E-state index is 6.03. The topological polar surface area (TPSA) is 30.5 Å². The van der Waals surface area contributed by atoms with Gasteiger partial charge in [0.25, 0.3) is 0 Å². The third-order valence-corrected chi connectivity index (χ3v) is 4.92. The number of rotatable bonds is 9. The van der Waals surface area contributed by atoms with E-state index >= 15 is 0 Å². The molecule has 1 unspecified atom stereocenters. The first-order valence-corrected chi connectivity index (χ1v) is 9.76. The molecular weight excluding hydrogens is 402 g/mol. The van der Waals surface area contributed by atoms with Gasteiger partial charge in [-0.25, -0.2) is 0 Å². The second kappa shape index (κ2) is 10.0. The Hall–Kier alpha value is -1.23. The lowest BCUT2D eigenvalue weighted by Gasteiger charge is -2.17. The highest BCUT2D eigenvalue weighted by Crippen LogP contribution is 2.34. The van der Waals surface area contributed by atoms with E-state index in [0.717, 1.165) is 40.1 Å². The zero-order valence-corrected chi connectivity index (χ0v) is 17.3. The van der Waals surface area contributed by atoms with Crippen LogP contribution in [0.2, 0.25) is 5.02 Å². The van der Waals surface area contributed by atoms with Crippen LogP contribution in [0.25, 0.3) is 0 Å². The molecule has 0 radical (unpaired) electrons. The number of halogens is 2. The summed E-state index contributed by atoms with van der Waals surface area (Å²) < 4.78 is 12.8. The van der Waals surface area contributed by atoms with Crippen LogP contribution < -0.4 is 14.8 Å². The smallest absolute Gasteiger partial charge is 0.162 e. The van der Waals surface area contributed by atoms with Crippen LogP contribution in [0.15, 0.2) is 40.9 Å². The first-order valence-electron chi connectivity index (χ1n) is 8.59. The van der Waals surface area contributed by atoms with Crippen molar-refractivity contribution in [3.8, 4) is 11.5 Å². The predicted molar refractivity (Wildman–Crippen MR) is 108 cm³/mol. The van der Waals surface area contributed by atoms with Crippen molar-refractivity contribution in [3.05, 3.63) is 57.0 Å². The Bertz CT molecular complexity index is 693. The van der Waals surface area contributed by atoms with Crippen LogP contribution in [-0.2, 0) is 13.2 Å². The number of ether oxygens (including phenoxy) is 2. The highest BCUT2D eigenvalue weighted by molar-refractivity contribution is 9.10. The predicted octanol–water partition coefficient (Wildman–Crippen LogP) is 5.97. The van der Waals surface area contributed by atoms with Crippen molar-refractivity contribution in [2.75, 3.05) is 6.61 Å². The van der Waals surface area contributed by atoms with Crippen molar-refractivity contribution in [1.82, 2.24) is 5.32 Å². The lowest BCUT2D eigenvalue weighted by molar-refractivity contribution is 0.269. The Morgan fingerprint density at radius 1 is 1.12 bits per heavy atom. The molecule has 3 nitrogen and oxygen atoms in total. The Kier molecular flexibility index (Phi) is 8.07. The van der Waals surface area contributed by atoms with Crippen molar-refractivity contribution in [3.63, 3.8) is 0 Å². The normalized spacial score (nSPS) is 12.0. The molecule has 136 valence electrons. The van der Waals surface area contributed by atoms with Crippen LogP contribution in [0.1, 0.15) is 38.3 Å². The largest absolute Gasteiger partial charge is 0.490 e. The van der Waals surface area contributed by atoms with Gasteiger partial charge in [-0.2, -0.15) is 0 Å². The number of nitrogens with one attached hydrogen (secondary N) is 1. The van der Waals surface area contributed by atoms with Gasteiger partial charge in [0.15, 0.2) is 11.5 Å². The molecule has 0 bridgehead atoms. The second-order valence-corrected chi connectivity index (χ2v) is 7.22. The van der Waals surface area contributed by atoms with Gasteiger partial charge in [-0.05, 0) is 55.7 Å². The summed E-state index contributed by atoms with van der Waals surface area (Å²) in [6.07, 6.45) is 1.09. The van der Waals surface area contributed by atoms with Gasteiger partial charge < -0.3 is 14.8 Å². The first kappa shape index (κ1) is 20.1. The Morgan fingerprint density at radius 2 is 1.88 bits per heavy atom. The summed E-state index contributed by atoms with van der Waals surface area (Å²) in [6, 6.07) is 12.2. The molecule has 0 fully saturated rings. The molecule has 2 rings (SSSR count). The van der Waals surface area contributed by atoms with E-state index in [1.54, 1.807) is 0 Å². The van der Waals surface area contributed by atoms with Gasteiger partial charge in [-0.15, -0.1) is 0 Å². The molecule has 0 saturated heterocycles. The minimum Gasteiger partial charge on any atom is -0.490 e. The fourth-order valence-electron chi connectivity index (χ4n) is 2.31. The maximum absolute atomic E-state index is 6.03. The van der Waals surface area contributed by atoms with Crippen molar-refractivity contribution in [2.45, 2.75) is 46.4 Å². The van der Waals surface area contributed by atoms with Crippen LogP contribution in [-0.4, -0.2) is 12.6 Å². The first-order chi connectivity index (χ1) is 12.0. The van der Waals surface area contributed by atoms with Crippen molar-refractivity contribution >= 4 is 27.5 Å². The summed E-state index contributed by atoms with van der Waals surface area (Å²) in [5.41, 5.74) is 2.17. The molecule has 1 atom stereocenters. The molecule has 25 heavy (non-hydrogen) atoms. The van der Waals surface area contributed by atoms with E-state index in [2.05, 4.69) is 35.1 Å². The van der Waals surface area contributed by atoms with Crippen LogP contribution in [0.4, 0.5) is 0 Å². The maximum Gasteiger partial charge on any atom is 0.162 e. The Morgan fingerprint density at radius 3 is 2.56 bits per heavy atom. The standard InChI is InChI=1S/C20H25BrClNO2/c1-4-14(3)23-12-16-10-19(24-5-2)20(11-18(16)21)25-13-15-7-6-8-17(22)9-15/h6-11,14,23H,4-5,12-13H2,1-3H3. The highest BCUT2D eigenvalue weighted by atomic mass is 79.9. The van der Waals surface area contributed by atoms with Gasteiger partial charge in [0, 0.05) is 22.1 Å². The van der Waals surface area contributed by atoms with Gasteiger partial charge in [0.1, 0.15) is 6.61 Å². The molecule has 1 N–H and O–H groups in total. The summed E-state index contributed by atoms with van der Waals surface area (Å²) in [7, 11) is 0. The molecule has 0 amide bonds. The molecule has 0 aliphatic rings. The van der Waals surface area contributed by atoms with E-state index in [-0.39, 0.29) is 0 Å². The number of hydrogen-bond donors (Lipinski definition) is 1. The van der Waals surface area contributed by atoms with E-state index < -0.39 is 0 Å². The van der Waals surface area contributed by atoms with Crippen LogP contribution >= 0.6 is 27.5 Å². The fraction of sp³-hybridized carbons (Fsp3) is 0.400. The highest BCUT2D eigenvalue weighted by Gasteiger charge is 2.12. The van der Waals surface area contributed by atoms with E-state index in [1.165, 1.54) is 0 Å². The Labute approximate surface area is 163 Å². The molecule has 0 aliphatic heterocycles. The van der Waals surface area contributed by atoms with Gasteiger partial charge >= 0.3 is 0 Å². The van der Waals surface area contributed by atoms with Gasteiger partial charge in [-0.1, -0.05) is 46.6 Å². The van der Waals surface area contributed by atoms with Crippen molar-refractivity contribution < 1.29 is 9.47 Å². The molecule has 2 aromatic rings. The number of hydrogen-bond acceptors (Lipinski definition) is 3. The average molecular weight is 427 g/mol. The third-order valence-electron chi connectivity index (χ3n) is 3.95. The number of benzene rings is 2. The Balaban J connectivity index is 2.14. The van der Waals surface area contributed by atoms with Crippen LogP contribution in [0.5, 0.6) is 11.5 Å². The molecule has 0 aliphatic carbocycles. The monoisotopic (exact) mass is 425 g/mol. The fourth-order valence-corrected chi connectivity index (χ4v) is 2.99. The molecular formula is C20H25BrClNO2. The zero-order valence-electron chi connectivity index (χ0n) is 14.9. The summed E-state index contributed by atoms with van der Waals surface area (Å²) in [4.78, 5) is 0. The van der Waals surface area contributed by atoms with Gasteiger partial charge in [0.05, 0.1) is 6.61 Å². The minimum absolute atomic E-state index is 0.442. The third kappa shape index (κ3) is 6.21. The van der Waals surface area contributed by atoms with Crippen LogP contribution in [0, 0.1) is 0 Å². The van der Waals surface area contributed by atoms with E-state index in [0.29, 0.717) is 24.3 Å². The molecule has 2 aromatic carbocycles. The van der Waals surface area contributed by atoms with Gasteiger partial charge in [0.2, 0.25) is 0 Å². The van der Waals surface area contributed by atoms with E-state index in [9.17, 15) is 0 Å². The van der Waals surface area contributed by atoms with Crippen molar-refractivity contribution in [1.29, 1.82) is 0 Å². The lowest BCUT2D eigenvalue weighted by Crippen LogP contribution is -2.24. The summed E-state index contributed by atoms with van der Waals surface area (Å²) >= 11 is 9.68. The van der Waals surface area contributed by atoms with Gasteiger partial charge in [-0.3, -0.25) is 0 Å². The summed E-state index contributed by atoms with van der Waals surface area (Å²) in [5, 5.41) is 4.21. The quantitative estimate of drug-likeness (QED) is 0.536. The van der Waals surface area contributed by atoms with Crippen LogP contribution in [0.3, 0.4) is 0 Å². The SMILES string of the molecule is CCOc1cc(CNC(C)CC)c(Br)cc1OCc1cccc(Cl)c1. The zero-order chi connectivity index (χ0) is 18.2.